The van der Waals surface area contributed by atoms with Gasteiger partial charge in [-0.15, -0.1) is 0 Å². The fourth-order valence-corrected chi connectivity index (χ4v) is 1.47. The smallest absolute Gasteiger partial charge is 0.123 e. The zero-order valence-electron chi connectivity index (χ0n) is 8.18. The fraction of sp³-hybridized carbons (Fsp3) is 0.455. The molecule has 0 heterocycles. The van der Waals surface area contributed by atoms with Gasteiger partial charge in [-0.3, -0.25) is 0 Å². The average molecular weight is 181 g/mol. The van der Waals surface area contributed by atoms with Crippen molar-refractivity contribution in [3.05, 3.63) is 35.1 Å². The number of halogens is 1. The Labute approximate surface area is 78.8 Å². The summed E-state index contributed by atoms with van der Waals surface area (Å²) in [4.78, 5) is 0. The summed E-state index contributed by atoms with van der Waals surface area (Å²) in [7, 11) is 0. The van der Waals surface area contributed by atoms with Crippen molar-refractivity contribution in [2.24, 2.45) is 5.73 Å². The Hall–Kier alpha value is -0.890. The molecule has 13 heavy (non-hydrogen) atoms. The minimum atomic E-state index is -0.154. The Bertz CT molecular complexity index is 263. The topological polar surface area (TPSA) is 26.0 Å². The van der Waals surface area contributed by atoms with Crippen LogP contribution in [-0.4, -0.2) is 6.54 Å². The number of benzene rings is 1. The van der Waals surface area contributed by atoms with Crippen molar-refractivity contribution in [1.82, 2.24) is 0 Å². The highest BCUT2D eigenvalue weighted by atomic mass is 19.1. The third kappa shape index (κ3) is 2.81. The third-order valence-corrected chi connectivity index (χ3v) is 2.23. The maximum absolute atomic E-state index is 13.0. The van der Waals surface area contributed by atoms with E-state index in [-0.39, 0.29) is 5.82 Å². The quantitative estimate of drug-likeness (QED) is 0.762. The van der Waals surface area contributed by atoms with Crippen LogP contribution in [0.2, 0.25) is 0 Å². The molecular weight excluding hydrogens is 165 g/mol. The summed E-state index contributed by atoms with van der Waals surface area (Å²) in [5, 5.41) is 0. The number of nitrogens with two attached hydrogens (primary N) is 1. The Balaban J connectivity index is 2.87. The van der Waals surface area contributed by atoms with Crippen LogP contribution in [0.5, 0.6) is 0 Å². The molecule has 1 unspecified atom stereocenters. The van der Waals surface area contributed by atoms with Gasteiger partial charge in [0.05, 0.1) is 0 Å². The third-order valence-electron chi connectivity index (χ3n) is 2.23. The first-order valence-corrected chi connectivity index (χ1v) is 4.60. The van der Waals surface area contributed by atoms with Crippen LogP contribution in [0, 0.1) is 12.7 Å². The Kier molecular flexibility index (Phi) is 3.43. The van der Waals surface area contributed by atoms with Gasteiger partial charge in [0, 0.05) is 0 Å². The van der Waals surface area contributed by atoms with E-state index in [9.17, 15) is 4.39 Å². The van der Waals surface area contributed by atoms with Crippen LogP contribution < -0.4 is 5.73 Å². The highest BCUT2D eigenvalue weighted by molar-refractivity contribution is 5.26. The molecule has 1 aromatic carbocycles. The normalized spacial score (nSPS) is 12.9. The lowest BCUT2D eigenvalue weighted by Gasteiger charge is -2.11. The van der Waals surface area contributed by atoms with Crippen LogP contribution in [0.25, 0.3) is 0 Å². The van der Waals surface area contributed by atoms with Gasteiger partial charge in [0.25, 0.3) is 0 Å². The molecule has 0 radical (unpaired) electrons. The summed E-state index contributed by atoms with van der Waals surface area (Å²) in [5.41, 5.74) is 7.46. The van der Waals surface area contributed by atoms with E-state index in [1.165, 1.54) is 0 Å². The van der Waals surface area contributed by atoms with Crippen molar-refractivity contribution in [2.45, 2.75) is 26.2 Å². The number of hydrogen-bond donors (Lipinski definition) is 1. The predicted molar refractivity (Wildman–Crippen MR) is 53.2 cm³/mol. The van der Waals surface area contributed by atoms with Crippen molar-refractivity contribution >= 4 is 0 Å². The van der Waals surface area contributed by atoms with Gasteiger partial charge in [-0.05, 0) is 49.1 Å². The predicted octanol–water partition coefficient (Wildman–Crippen LogP) is 2.59. The molecule has 72 valence electrons. The van der Waals surface area contributed by atoms with Crippen molar-refractivity contribution in [2.75, 3.05) is 6.54 Å². The molecule has 0 saturated carbocycles. The largest absolute Gasteiger partial charge is 0.330 e. The zero-order valence-corrected chi connectivity index (χ0v) is 8.18. The van der Waals surface area contributed by atoms with Crippen molar-refractivity contribution < 1.29 is 4.39 Å². The van der Waals surface area contributed by atoms with E-state index in [0.29, 0.717) is 12.5 Å². The van der Waals surface area contributed by atoms with Gasteiger partial charge < -0.3 is 5.73 Å². The molecule has 2 heteroatoms. The highest BCUT2D eigenvalue weighted by Crippen LogP contribution is 2.20. The Morgan fingerprint density at radius 3 is 2.62 bits per heavy atom. The number of aryl methyl sites for hydroxylation is 1. The molecule has 1 nitrogen and oxygen atoms in total. The molecule has 0 bridgehead atoms. The van der Waals surface area contributed by atoms with Crippen LogP contribution in [0.15, 0.2) is 18.2 Å². The van der Waals surface area contributed by atoms with Crippen molar-refractivity contribution in [3.63, 3.8) is 0 Å². The lowest BCUT2D eigenvalue weighted by Crippen LogP contribution is -2.05. The molecule has 0 aliphatic rings. The van der Waals surface area contributed by atoms with Gasteiger partial charge in [0.1, 0.15) is 5.82 Å². The lowest BCUT2D eigenvalue weighted by molar-refractivity contribution is 0.615. The minimum Gasteiger partial charge on any atom is -0.330 e. The van der Waals surface area contributed by atoms with E-state index < -0.39 is 0 Å². The Morgan fingerprint density at radius 1 is 1.38 bits per heavy atom. The summed E-state index contributed by atoms with van der Waals surface area (Å²) in [5.74, 6) is 0.193. The lowest BCUT2D eigenvalue weighted by atomic mass is 9.96. The van der Waals surface area contributed by atoms with E-state index in [2.05, 4.69) is 6.92 Å². The van der Waals surface area contributed by atoms with Gasteiger partial charge in [-0.25, -0.2) is 4.39 Å². The molecule has 0 aliphatic heterocycles. The summed E-state index contributed by atoms with van der Waals surface area (Å²) in [6.45, 7) is 4.62. The fourth-order valence-electron chi connectivity index (χ4n) is 1.47. The van der Waals surface area contributed by atoms with Crippen LogP contribution in [0.4, 0.5) is 4.39 Å². The summed E-state index contributed by atoms with van der Waals surface area (Å²) in [6, 6.07) is 5.15. The second kappa shape index (κ2) is 4.38. The monoisotopic (exact) mass is 181 g/mol. The minimum absolute atomic E-state index is 0.154. The molecule has 1 atom stereocenters. The van der Waals surface area contributed by atoms with Crippen LogP contribution in [-0.2, 0) is 0 Å². The first-order valence-electron chi connectivity index (χ1n) is 4.60. The van der Waals surface area contributed by atoms with E-state index in [1.54, 1.807) is 12.1 Å². The van der Waals surface area contributed by atoms with Gasteiger partial charge in [-0.2, -0.15) is 0 Å². The standard InChI is InChI=1S/C11H16FN/c1-8-5-10(7-11(12)6-8)9(2)3-4-13/h5-7,9H,3-4,13H2,1-2H3. The molecule has 0 saturated heterocycles. The Morgan fingerprint density at radius 2 is 2.08 bits per heavy atom. The summed E-state index contributed by atoms with van der Waals surface area (Å²) < 4.78 is 13.0. The van der Waals surface area contributed by atoms with Gasteiger partial charge >= 0.3 is 0 Å². The molecule has 0 aliphatic carbocycles. The molecule has 0 amide bonds. The second-order valence-corrected chi connectivity index (χ2v) is 3.54. The maximum atomic E-state index is 13.0. The molecule has 0 spiro atoms. The molecule has 2 N–H and O–H groups in total. The SMILES string of the molecule is Cc1cc(F)cc(C(C)CCN)c1. The molecule has 0 fully saturated rings. The number of rotatable bonds is 3. The molecule has 1 aromatic rings. The molecular formula is C11H16FN. The van der Waals surface area contributed by atoms with E-state index in [4.69, 9.17) is 5.73 Å². The van der Waals surface area contributed by atoms with E-state index in [1.807, 2.05) is 13.0 Å². The highest BCUT2D eigenvalue weighted by Gasteiger charge is 2.05. The van der Waals surface area contributed by atoms with Crippen LogP contribution >= 0.6 is 0 Å². The van der Waals surface area contributed by atoms with Gasteiger partial charge in [-0.1, -0.05) is 13.0 Å². The van der Waals surface area contributed by atoms with Crippen LogP contribution in [0.3, 0.4) is 0 Å². The van der Waals surface area contributed by atoms with Crippen LogP contribution in [0.1, 0.15) is 30.4 Å². The maximum Gasteiger partial charge on any atom is 0.123 e. The van der Waals surface area contributed by atoms with Crippen molar-refractivity contribution in [3.8, 4) is 0 Å². The van der Waals surface area contributed by atoms with E-state index in [0.717, 1.165) is 17.5 Å². The average Bonchev–Trinajstić information content (AvgIpc) is 2.03. The zero-order chi connectivity index (χ0) is 9.84. The van der Waals surface area contributed by atoms with Crippen molar-refractivity contribution in [1.29, 1.82) is 0 Å². The first kappa shape index (κ1) is 10.2. The first-order chi connectivity index (χ1) is 6.13. The summed E-state index contributed by atoms with van der Waals surface area (Å²) >= 11 is 0. The molecule has 1 rings (SSSR count). The van der Waals surface area contributed by atoms with Gasteiger partial charge in [0.15, 0.2) is 0 Å². The number of hydrogen-bond acceptors (Lipinski definition) is 1. The van der Waals surface area contributed by atoms with Gasteiger partial charge in [0.2, 0.25) is 0 Å². The second-order valence-electron chi connectivity index (χ2n) is 3.54. The molecule has 0 aromatic heterocycles. The van der Waals surface area contributed by atoms with E-state index >= 15 is 0 Å². The summed E-state index contributed by atoms with van der Waals surface area (Å²) in [6.07, 6.45) is 0.906.